The summed E-state index contributed by atoms with van der Waals surface area (Å²) in [6, 6.07) is 4.61. The number of carbonyl (C=O) groups is 1. The molecule has 0 saturated carbocycles. The number of anilines is 1. The Bertz CT molecular complexity index is 530. The highest BCUT2D eigenvalue weighted by Crippen LogP contribution is 2.15. The van der Waals surface area contributed by atoms with E-state index < -0.39 is 5.82 Å². The van der Waals surface area contributed by atoms with Gasteiger partial charge in [0.05, 0.1) is 0 Å². The zero-order valence-electron chi connectivity index (χ0n) is 11.9. The number of thiocarbonyl (C=S) groups is 1. The van der Waals surface area contributed by atoms with Crippen LogP contribution in [0.1, 0.15) is 31.2 Å². The number of benzene rings is 1. The van der Waals surface area contributed by atoms with E-state index >= 15 is 0 Å². The SMILES string of the molecule is NC(=S)c1ccc(NCCC(=O)N2CCCCC2)cc1F. The predicted octanol–water partition coefficient (Wildman–Crippen LogP) is 2.27. The lowest BCUT2D eigenvalue weighted by Gasteiger charge is -2.26. The highest BCUT2D eigenvalue weighted by Gasteiger charge is 2.15. The number of nitrogens with two attached hydrogens (primary N) is 1. The van der Waals surface area contributed by atoms with Crippen molar-refractivity contribution in [3.05, 3.63) is 29.6 Å². The molecule has 1 aromatic rings. The largest absolute Gasteiger partial charge is 0.389 e. The molecule has 4 nitrogen and oxygen atoms in total. The molecule has 1 amide bonds. The molecule has 3 N–H and O–H groups in total. The molecule has 1 fully saturated rings. The van der Waals surface area contributed by atoms with Crippen LogP contribution >= 0.6 is 12.2 Å². The van der Waals surface area contributed by atoms with Gasteiger partial charge in [0.15, 0.2) is 0 Å². The van der Waals surface area contributed by atoms with Gasteiger partial charge >= 0.3 is 0 Å². The number of amides is 1. The Balaban J connectivity index is 1.81. The highest BCUT2D eigenvalue weighted by atomic mass is 32.1. The second-order valence-electron chi connectivity index (χ2n) is 5.18. The average molecular weight is 309 g/mol. The van der Waals surface area contributed by atoms with Gasteiger partial charge in [0.1, 0.15) is 10.8 Å². The standard InChI is InChI=1S/C15H20FN3OS/c16-13-10-11(4-5-12(13)15(17)21)18-7-6-14(20)19-8-2-1-3-9-19/h4-5,10,18H,1-3,6-9H2,(H2,17,21). The van der Waals surface area contributed by atoms with Gasteiger partial charge in [-0.25, -0.2) is 4.39 Å². The minimum atomic E-state index is -0.449. The second-order valence-corrected chi connectivity index (χ2v) is 5.62. The molecule has 0 bridgehead atoms. The number of nitrogens with zero attached hydrogens (tertiary/aromatic N) is 1. The van der Waals surface area contributed by atoms with E-state index in [0.717, 1.165) is 25.9 Å². The van der Waals surface area contributed by atoms with Gasteiger partial charge < -0.3 is 16.0 Å². The number of likely N-dealkylation sites (tertiary alicyclic amines) is 1. The van der Waals surface area contributed by atoms with E-state index in [4.69, 9.17) is 18.0 Å². The summed E-state index contributed by atoms with van der Waals surface area (Å²) in [5, 5.41) is 3.05. The highest BCUT2D eigenvalue weighted by molar-refractivity contribution is 7.80. The van der Waals surface area contributed by atoms with Crippen LogP contribution in [0.4, 0.5) is 10.1 Å². The summed E-state index contributed by atoms with van der Waals surface area (Å²) in [5.74, 6) is -0.294. The Morgan fingerprint density at radius 2 is 2.05 bits per heavy atom. The number of piperidine rings is 1. The van der Waals surface area contributed by atoms with Crippen LogP contribution in [0.2, 0.25) is 0 Å². The van der Waals surface area contributed by atoms with E-state index in [9.17, 15) is 9.18 Å². The maximum absolute atomic E-state index is 13.7. The fourth-order valence-electron chi connectivity index (χ4n) is 2.44. The van der Waals surface area contributed by atoms with E-state index in [1.54, 1.807) is 12.1 Å². The van der Waals surface area contributed by atoms with Crippen molar-refractivity contribution in [3.8, 4) is 0 Å². The van der Waals surface area contributed by atoms with Crippen molar-refractivity contribution in [2.45, 2.75) is 25.7 Å². The molecule has 1 heterocycles. The van der Waals surface area contributed by atoms with Crippen LogP contribution in [0.5, 0.6) is 0 Å². The van der Waals surface area contributed by atoms with Crippen molar-refractivity contribution in [2.75, 3.05) is 25.0 Å². The first-order chi connectivity index (χ1) is 10.1. The van der Waals surface area contributed by atoms with Gasteiger partial charge in [-0.05, 0) is 37.5 Å². The third-order valence-electron chi connectivity index (χ3n) is 3.61. The molecule has 114 valence electrons. The molecular formula is C15H20FN3OS. The quantitative estimate of drug-likeness (QED) is 0.819. The normalized spacial score (nSPS) is 14.8. The Hall–Kier alpha value is -1.69. The van der Waals surface area contributed by atoms with Gasteiger partial charge in [0.25, 0.3) is 0 Å². The number of rotatable bonds is 5. The van der Waals surface area contributed by atoms with Crippen LogP contribution in [-0.2, 0) is 4.79 Å². The van der Waals surface area contributed by atoms with E-state index in [-0.39, 0.29) is 16.5 Å². The molecule has 0 atom stereocenters. The summed E-state index contributed by atoms with van der Waals surface area (Å²) < 4.78 is 13.7. The number of carbonyl (C=O) groups excluding carboxylic acids is 1. The lowest BCUT2D eigenvalue weighted by molar-refractivity contribution is -0.131. The topological polar surface area (TPSA) is 58.4 Å². The molecule has 0 unspecified atom stereocenters. The first kappa shape index (κ1) is 15.7. The van der Waals surface area contributed by atoms with E-state index in [0.29, 0.717) is 18.7 Å². The van der Waals surface area contributed by atoms with Crippen molar-refractivity contribution in [3.63, 3.8) is 0 Å². The van der Waals surface area contributed by atoms with Gasteiger partial charge in [-0.2, -0.15) is 0 Å². The molecular weight excluding hydrogens is 289 g/mol. The van der Waals surface area contributed by atoms with Crippen molar-refractivity contribution in [1.82, 2.24) is 4.90 Å². The minimum absolute atomic E-state index is 0.0410. The Morgan fingerprint density at radius 3 is 2.67 bits per heavy atom. The summed E-state index contributed by atoms with van der Waals surface area (Å²) in [7, 11) is 0. The van der Waals surface area contributed by atoms with Crippen LogP contribution in [0, 0.1) is 5.82 Å². The molecule has 1 aliphatic heterocycles. The Labute approximate surface area is 129 Å². The van der Waals surface area contributed by atoms with Gasteiger partial charge in [0, 0.05) is 37.3 Å². The first-order valence-corrected chi connectivity index (χ1v) is 7.60. The molecule has 21 heavy (non-hydrogen) atoms. The number of halogens is 1. The maximum Gasteiger partial charge on any atom is 0.224 e. The van der Waals surface area contributed by atoms with E-state index in [2.05, 4.69) is 5.32 Å². The third kappa shape index (κ3) is 4.39. The van der Waals surface area contributed by atoms with Crippen LogP contribution < -0.4 is 11.1 Å². The lowest BCUT2D eigenvalue weighted by atomic mass is 10.1. The van der Waals surface area contributed by atoms with Gasteiger partial charge in [-0.15, -0.1) is 0 Å². The summed E-state index contributed by atoms with van der Waals surface area (Å²) >= 11 is 4.75. The Kier molecular flexibility index (Phi) is 5.50. The smallest absolute Gasteiger partial charge is 0.224 e. The fourth-order valence-corrected chi connectivity index (χ4v) is 2.61. The average Bonchev–Trinajstić information content (AvgIpc) is 2.47. The van der Waals surface area contributed by atoms with Crippen molar-refractivity contribution < 1.29 is 9.18 Å². The molecule has 2 rings (SSSR count). The molecule has 0 aliphatic carbocycles. The number of nitrogens with one attached hydrogen (secondary N) is 1. The van der Waals surface area contributed by atoms with Crippen LogP contribution in [-0.4, -0.2) is 35.4 Å². The zero-order valence-corrected chi connectivity index (χ0v) is 12.7. The molecule has 0 aromatic heterocycles. The van der Waals surface area contributed by atoms with Crippen molar-refractivity contribution in [1.29, 1.82) is 0 Å². The molecule has 0 radical (unpaired) electrons. The second kappa shape index (κ2) is 7.36. The monoisotopic (exact) mass is 309 g/mol. The Morgan fingerprint density at radius 1 is 1.33 bits per heavy atom. The lowest BCUT2D eigenvalue weighted by Crippen LogP contribution is -2.36. The van der Waals surface area contributed by atoms with Crippen molar-refractivity contribution in [2.24, 2.45) is 5.73 Å². The predicted molar refractivity (Wildman–Crippen MR) is 85.8 cm³/mol. The number of hydrogen-bond acceptors (Lipinski definition) is 3. The molecule has 0 spiro atoms. The summed E-state index contributed by atoms with van der Waals surface area (Å²) in [6.45, 7) is 2.20. The van der Waals surface area contributed by atoms with Gasteiger partial charge in [0.2, 0.25) is 5.91 Å². The first-order valence-electron chi connectivity index (χ1n) is 7.19. The van der Waals surface area contributed by atoms with Gasteiger partial charge in [-0.3, -0.25) is 4.79 Å². The summed E-state index contributed by atoms with van der Waals surface area (Å²) in [5.41, 5.74) is 6.27. The third-order valence-corrected chi connectivity index (χ3v) is 3.83. The summed E-state index contributed by atoms with van der Waals surface area (Å²) in [4.78, 5) is 13.9. The molecule has 6 heteroatoms. The van der Waals surface area contributed by atoms with Crippen molar-refractivity contribution >= 4 is 28.8 Å². The zero-order chi connectivity index (χ0) is 15.2. The van der Waals surface area contributed by atoms with Gasteiger partial charge in [-0.1, -0.05) is 12.2 Å². The van der Waals surface area contributed by atoms with Crippen LogP contribution in [0.15, 0.2) is 18.2 Å². The number of hydrogen-bond donors (Lipinski definition) is 2. The van der Waals surface area contributed by atoms with Crippen LogP contribution in [0.3, 0.4) is 0 Å². The van der Waals surface area contributed by atoms with E-state index in [1.807, 2.05) is 4.90 Å². The fraction of sp³-hybridized carbons (Fsp3) is 0.467. The molecule has 1 saturated heterocycles. The molecule has 1 aromatic carbocycles. The maximum atomic E-state index is 13.7. The minimum Gasteiger partial charge on any atom is -0.389 e. The summed E-state index contributed by atoms with van der Waals surface area (Å²) in [6.07, 6.45) is 3.80. The van der Waals surface area contributed by atoms with Crippen LogP contribution in [0.25, 0.3) is 0 Å². The molecule has 1 aliphatic rings. The van der Waals surface area contributed by atoms with E-state index in [1.165, 1.54) is 12.5 Å².